The van der Waals surface area contributed by atoms with Crippen molar-refractivity contribution in [1.82, 2.24) is 19.5 Å². The molecule has 0 saturated heterocycles. The predicted octanol–water partition coefficient (Wildman–Crippen LogP) is 13.9. The van der Waals surface area contributed by atoms with Gasteiger partial charge >= 0.3 is 0 Å². The molecule has 0 N–H and O–H groups in total. The van der Waals surface area contributed by atoms with E-state index in [1.165, 1.54) is 36.7 Å². The first-order valence-electron chi connectivity index (χ1n) is 19.0. The molecule has 0 aliphatic rings. The average molecular weight is 747 g/mol. The van der Waals surface area contributed by atoms with Crippen LogP contribution in [-0.4, -0.2) is 19.5 Å². The highest BCUT2D eigenvalue weighted by Gasteiger charge is 2.25. The number of thiophene rings is 1. The minimum atomic E-state index is 0.591. The van der Waals surface area contributed by atoms with Gasteiger partial charge in [-0.1, -0.05) is 133 Å². The fourth-order valence-electron chi connectivity index (χ4n) is 8.55. The van der Waals surface area contributed by atoms with Crippen molar-refractivity contribution in [2.45, 2.75) is 0 Å². The second-order valence-corrected chi connectivity index (χ2v) is 15.4. The maximum atomic E-state index is 6.35. The maximum absolute atomic E-state index is 6.35. The standard InChI is InChI=1S/C51H30N4OS/c1-3-14-31(15-4-1)33-26-27-40-38(30-33)34-18-7-10-22-39(34)55(40)41-28-29-45-47(36-20-9-12-25-44(36)57-45)48(41)51-53-49(32-16-5-2-6-17-32)52-50(54-51)37-21-13-24-43-46(37)35-19-8-11-23-42(35)56-43/h1-30H. The van der Waals surface area contributed by atoms with E-state index >= 15 is 0 Å². The Morgan fingerprint density at radius 3 is 1.93 bits per heavy atom. The van der Waals surface area contributed by atoms with E-state index in [1.807, 2.05) is 48.5 Å². The topological polar surface area (TPSA) is 56.7 Å². The van der Waals surface area contributed by atoms with Crippen molar-refractivity contribution in [3.05, 3.63) is 182 Å². The summed E-state index contributed by atoms with van der Waals surface area (Å²) < 4.78 is 11.1. The zero-order valence-corrected chi connectivity index (χ0v) is 31.2. The monoisotopic (exact) mass is 746 g/mol. The zero-order valence-electron chi connectivity index (χ0n) is 30.4. The number of para-hydroxylation sites is 2. The molecule has 0 spiro atoms. The van der Waals surface area contributed by atoms with Gasteiger partial charge in [0, 0.05) is 52.8 Å². The van der Waals surface area contributed by atoms with Crippen molar-refractivity contribution in [2.24, 2.45) is 0 Å². The summed E-state index contributed by atoms with van der Waals surface area (Å²) in [4.78, 5) is 16.1. The van der Waals surface area contributed by atoms with E-state index in [1.54, 1.807) is 11.3 Å². The Balaban J connectivity index is 1.21. The molecule has 266 valence electrons. The Bertz CT molecular complexity index is 3530. The van der Waals surface area contributed by atoms with Gasteiger partial charge in [-0.05, 0) is 59.7 Å². The summed E-state index contributed by atoms with van der Waals surface area (Å²) in [7, 11) is 0. The van der Waals surface area contributed by atoms with Crippen molar-refractivity contribution >= 4 is 75.3 Å². The summed E-state index contributed by atoms with van der Waals surface area (Å²) in [5.74, 6) is 1.81. The number of hydrogen-bond acceptors (Lipinski definition) is 5. The highest BCUT2D eigenvalue weighted by atomic mass is 32.1. The van der Waals surface area contributed by atoms with Gasteiger partial charge in [-0.25, -0.2) is 15.0 Å². The molecule has 12 rings (SSSR count). The summed E-state index contributed by atoms with van der Waals surface area (Å²) in [5, 5.41) is 6.69. The smallest absolute Gasteiger partial charge is 0.166 e. The molecule has 12 aromatic rings. The van der Waals surface area contributed by atoms with E-state index in [9.17, 15) is 0 Å². The zero-order chi connectivity index (χ0) is 37.5. The molecule has 57 heavy (non-hydrogen) atoms. The lowest BCUT2D eigenvalue weighted by molar-refractivity contribution is 0.669. The summed E-state index contributed by atoms with van der Waals surface area (Å²) in [5.41, 5.74) is 10.0. The van der Waals surface area contributed by atoms with E-state index in [2.05, 4.69) is 138 Å². The Labute approximate surface area is 330 Å². The van der Waals surface area contributed by atoms with Gasteiger partial charge in [0.2, 0.25) is 0 Å². The van der Waals surface area contributed by atoms with Gasteiger partial charge in [0.25, 0.3) is 0 Å². The largest absolute Gasteiger partial charge is 0.456 e. The summed E-state index contributed by atoms with van der Waals surface area (Å²) in [6.45, 7) is 0. The van der Waals surface area contributed by atoms with Crippen molar-refractivity contribution in [2.75, 3.05) is 0 Å². The van der Waals surface area contributed by atoms with E-state index in [0.29, 0.717) is 17.5 Å². The molecular weight excluding hydrogens is 717 g/mol. The highest BCUT2D eigenvalue weighted by molar-refractivity contribution is 7.26. The number of furan rings is 1. The minimum absolute atomic E-state index is 0.591. The Hall–Kier alpha value is -7.41. The SMILES string of the molecule is c1ccc(-c2ccc3c(c2)c2ccccc2n3-c2ccc3sc4ccccc4c3c2-c2nc(-c3ccccc3)nc(-c3cccc4oc5ccccc5c34)n2)cc1. The van der Waals surface area contributed by atoms with E-state index < -0.39 is 0 Å². The molecule has 0 aliphatic heterocycles. The molecule has 0 saturated carbocycles. The Kier molecular flexibility index (Phi) is 7.03. The molecule has 8 aromatic carbocycles. The Morgan fingerprint density at radius 2 is 1.07 bits per heavy atom. The number of aromatic nitrogens is 4. The summed E-state index contributed by atoms with van der Waals surface area (Å²) >= 11 is 1.80. The van der Waals surface area contributed by atoms with Crippen LogP contribution in [0.2, 0.25) is 0 Å². The van der Waals surface area contributed by atoms with Crippen LogP contribution in [0, 0.1) is 0 Å². The first-order chi connectivity index (χ1) is 28.3. The molecule has 0 aliphatic carbocycles. The fourth-order valence-corrected chi connectivity index (χ4v) is 9.66. The maximum Gasteiger partial charge on any atom is 0.166 e. The van der Waals surface area contributed by atoms with E-state index in [4.69, 9.17) is 19.4 Å². The molecule has 4 aromatic heterocycles. The second kappa shape index (κ2) is 12.6. The first-order valence-corrected chi connectivity index (χ1v) is 19.8. The van der Waals surface area contributed by atoms with Crippen LogP contribution in [0.3, 0.4) is 0 Å². The van der Waals surface area contributed by atoms with Crippen molar-refractivity contribution in [1.29, 1.82) is 0 Å². The van der Waals surface area contributed by atoms with Gasteiger partial charge < -0.3 is 8.98 Å². The van der Waals surface area contributed by atoms with Gasteiger partial charge in [-0.2, -0.15) is 0 Å². The van der Waals surface area contributed by atoms with Crippen molar-refractivity contribution < 1.29 is 4.42 Å². The highest BCUT2D eigenvalue weighted by Crippen LogP contribution is 2.46. The molecule has 4 heterocycles. The lowest BCUT2D eigenvalue weighted by atomic mass is 10.0. The van der Waals surface area contributed by atoms with E-state index in [-0.39, 0.29) is 0 Å². The Morgan fingerprint density at radius 1 is 0.404 bits per heavy atom. The van der Waals surface area contributed by atoms with Gasteiger partial charge in [0.1, 0.15) is 11.2 Å². The number of fused-ring (bicyclic) bond motifs is 9. The van der Waals surface area contributed by atoms with Crippen LogP contribution >= 0.6 is 11.3 Å². The number of benzene rings is 8. The van der Waals surface area contributed by atoms with Crippen LogP contribution in [0.5, 0.6) is 0 Å². The van der Waals surface area contributed by atoms with Crippen molar-refractivity contribution in [3.8, 4) is 51.0 Å². The van der Waals surface area contributed by atoms with Crippen LogP contribution in [0.1, 0.15) is 0 Å². The molecule has 5 nitrogen and oxygen atoms in total. The van der Waals surface area contributed by atoms with Gasteiger partial charge in [0.05, 0.1) is 22.3 Å². The molecule has 6 heteroatoms. The fraction of sp³-hybridized carbons (Fsp3) is 0. The number of hydrogen-bond donors (Lipinski definition) is 0. The number of rotatable bonds is 5. The van der Waals surface area contributed by atoms with Gasteiger partial charge in [0.15, 0.2) is 17.5 Å². The second-order valence-electron chi connectivity index (χ2n) is 14.3. The molecule has 0 radical (unpaired) electrons. The summed E-state index contributed by atoms with van der Waals surface area (Å²) in [6.07, 6.45) is 0. The molecule has 0 unspecified atom stereocenters. The van der Waals surface area contributed by atoms with Crippen LogP contribution < -0.4 is 0 Å². The first kappa shape index (κ1) is 31.9. The van der Waals surface area contributed by atoms with Crippen LogP contribution in [0.4, 0.5) is 0 Å². The van der Waals surface area contributed by atoms with Crippen LogP contribution in [-0.2, 0) is 0 Å². The average Bonchev–Trinajstić information content (AvgIpc) is 3.96. The predicted molar refractivity (Wildman–Crippen MR) is 236 cm³/mol. The third-order valence-corrected chi connectivity index (χ3v) is 12.2. The van der Waals surface area contributed by atoms with Crippen LogP contribution in [0.25, 0.3) is 115 Å². The number of nitrogens with zero attached hydrogens (tertiary/aromatic N) is 4. The van der Waals surface area contributed by atoms with Gasteiger partial charge in [-0.15, -0.1) is 11.3 Å². The molecule has 0 amide bonds. The molecular formula is C51H30N4OS. The molecule has 0 atom stereocenters. The third kappa shape index (κ3) is 4.98. The molecule has 0 bridgehead atoms. The quantitative estimate of drug-likeness (QED) is 0.176. The van der Waals surface area contributed by atoms with Crippen LogP contribution in [0.15, 0.2) is 186 Å². The van der Waals surface area contributed by atoms with E-state index in [0.717, 1.165) is 60.7 Å². The summed E-state index contributed by atoms with van der Waals surface area (Å²) in [6, 6.07) is 63.8. The third-order valence-electron chi connectivity index (χ3n) is 11.1. The van der Waals surface area contributed by atoms with Gasteiger partial charge in [-0.3, -0.25) is 0 Å². The lowest BCUT2D eigenvalue weighted by Crippen LogP contribution is -2.04. The normalized spacial score (nSPS) is 11.9. The lowest BCUT2D eigenvalue weighted by Gasteiger charge is -2.16. The minimum Gasteiger partial charge on any atom is -0.456 e. The molecule has 0 fully saturated rings. The van der Waals surface area contributed by atoms with Crippen molar-refractivity contribution in [3.63, 3.8) is 0 Å².